The summed E-state index contributed by atoms with van der Waals surface area (Å²) in [5, 5.41) is 10.1. The summed E-state index contributed by atoms with van der Waals surface area (Å²) in [5.74, 6) is -0.280. The van der Waals surface area contributed by atoms with E-state index in [1.165, 1.54) is 0 Å². The third-order valence-corrected chi connectivity index (χ3v) is 5.93. The van der Waals surface area contributed by atoms with Crippen LogP contribution in [0.15, 0.2) is 0 Å². The van der Waals surface area contributed by atoms with Crippen molar-refractivity contribution in [3.63, 3.8) is 0 Å². The molecular formula is C22H40O4. The molecule has 1 N–H and O–H groups in total. The van der Waals surface area contributed by atoms with E-state index in [1.807, 2.05) is 13.8 Å². The van der Waals surface area contributed by atoms with Crippen LogP contribution in [0.2, 0.25) is 0 Å². The molecule has 0 aliphatic heterocycles. The highest BCUT2D eigenvalue weighted by molar-refractivity contribution is 6.00. The number of carbonyl (C=O) groups is 2. The Bertz CT molecular complexity index is 469. The highest BCUT2D eigenvalue weighted by atomic mass is 16.5. The highest BCUT2D eigenvalue weighted by Gasteiger charge is 2.60. The number of hydrogen-bond donors (Lipinski definition) is 1. The van der Waals surface area contributed by atoms with Crippen LogP contribution in [0.3, 0.4) is 0 Å². The Kier molecular flexibility index (Phi) is 8.62. The third-order valence-electron chi connectivity index (χ3n) is 5.93. The Hall–Kier alpha value is -1.06. The minimum Gasteiger partial charge on any atom is -0.480 e. The summed E-state index contributed by atoms with van der Waals surface area (Å²) in [6, 6.07) is 0. The number of carbonyl (C=O) groups excluding carboxylic acids is 1. The second kappa shape index (κ2) is 9.75. The lowest BCUT2D eigenvalue weighted by molar-refractivity contribution is -0.178. The van der Waals surface area contributed by atoms with Crippen LogP contribution in [0.25, 0.3) is 0 Å². The zero-order chi connectivity index (χ0) is 20.1. The van der Waals surface area contributed by atoms with E-state index < -0.39 is 17.4 Å². The standard InChI is InChI=1S/C22H40O4/c1-8-9-19(16(6)7)26-21(25)22(20(23)24)11-10-17(12-14(2)3)18(22)13-15(4)5/h14-19H,8-13H2,1-7H3,(H,23,24). The topological polar surface area (TPSA) is 63.6 Å². The van der Waals surface area contributed by atoms with Gasteiger partial charge in [-0.3, -0.25) is 9.59 Å². The van der Waals surface area contributed by atoms with E-state index in [2.05, 4.69) is 34.6 Å². The lowest BCUT2D eigenvalue weighted by atomic mass is 9.70. The van der Waals surface area contributed by atoms with E-state index in [1.54, 1.807) is 0 Å². The predicted octanol–water partition coefficient (Wildman–Crippen LogP) is 5.54. The number of ether oxygens (including phenoxy) is 1. The van der Waals surface area contributed by atoms with Gasteiger partial charge in [-0.15, -0.1) is 0 Å². The van der Waals surface area contributed by atoms with Crippen LogP contribution in [0.1, 0.15) is 87.0 Å². The van der Waals surface area contributed by atoms with Gasteiger partial charge in [-0.2, -0.15) is 0 Å². The molecule has 0 saturated heterocycles. The van der Waals surface area contributed by atoms with Crippen LogP contribution in [0, 0.1) is 35.0 Å². The van der Waals surface area contributed by atoms with Crippen LogP contribution >= 0.6 is 0 Å². The fraction of sp³-hybridized carbons (Fsp3) is 0.909. The van der Waals surface area contributed by atoms with E-state index in [-0.39, 0.29) is 23.9 Å². The van der Waals surface area contributed by atoms with Crippen molar-refractivity contribution in [1.82, 2.24) is 0 Å². The van der Waals surface area contributed by atoms with Gasteiger partial charge in [-0.1, -0.05) is 54.9 Å². The normalized spacial score (nSPS) is 27.3. The molecule has 0 heterocycles. The minimum atomic E-state index is -1.37. The SMILES string of the molecule is CCCC(OC(=O)C1(C(=O)O)CCC(CC(C)C)C1CC(C)C)C(C)C. The van der Waals surface area contributed by atoms with E-state index in [9.17, 15) is 14.7 Å². The largest absolute Gasteiger partial charge is 0.480 e. The van der Waals surface area contributed by atoms with Crippen molar-refractivity contribution in [3.05, 3.63) is 0 Å². The monoisotopic (exact) mass is 368 g/mol. The van der Waals surface area contributed by atoms with Gasteiger partial charge in [-0.25, -0.2) is 0 Å². The molecule has 1 fully saturated rings. The fourth-order valence-corrected chi connectivity index (χ4v) is 4.65. The van der Waals surface area contributed by atoms with Crippen LogP contribution in [0.4, 0.5) is 0 Å². The van der Waals surface area contributed by atoms with Crippen molar-refractivity contribution in [3.8, 4) is 0 Å². The van der Waals surface area contributed by atoms with E-state index in [0.29, 0.717) is 18.3 Å². The van der Waals surface area contributed by atoms with Crippen molar-refractivity contribution in [2.24, 2.45) is 35.0 Å². The number of carboxylic acid groups (broad SMARTS) is 1. The molecule has 0 aromatic heterocycles. The maximum Gasteiger partial charge on any atom is 0.324 e. The minimum absolute atomic E-state index is 0.135. The number of aliphatic carboxylic acids is 1. The Morgan fingerprint density at radius 3 is 2.08 bits per heavy atom. The molecule has 0 aromatic carbocycles. The maximum atomic E-state index is 13.2. The first kappa shape index (κ1) is 23.0. The summed E-state index contributed by atoms with van der Waals surface area (Å²) in [4.78, 5) is 25.6. The van der Waals surface area contributed by atoms with Gasteiger partial charge in [0.05, 0.1) is 0 Å². The smallest absolute Gasteiger partial charge is 0.324 e. The lowest BCUT2D eigenvalue weighted by Crippen LogP contribution is -2.47. The molecule has 4 atom stereocenters. The molecule has 1 saturated carbocycles. The summed E-state index contributed by atoms with van der Waals surface area (Å²) in [5.41, 5.74) is -1.37. The first-order valence-corrected chi connectivity index (χ1v) is 10.5. The molecule has 0 bridgehead atoms. The summed E-state index contributed by atoms with van der Waals surface area (Å²) in [7, 11) is 0. The fourth-order valence-electron chi connectivity index (χ4n) is 4.65. The Morgan fingerprint density at radius 2 is 1.65 bits per heavy atom. The zero-order valence-electron chi connectivity index (χ0n) is 17.9. The molecule has 4 nitrogen and oxygen atoms in total. The van der Waals surface area contributed by atoms with Crippen LogP contribution in [-0.2, 0) is 14.3 Å². The Labute approximate surface area is 160 Å². The average molecular weight is 369 g/mol. The summed E-state index contributed by atoms with van der Waals surface area (Å²) in [6.07, 6.45) is 4.45. The van der Waals surface area contributed by atoms with E-state index >= 15 is 0 Å². The average Bonchev–Trinajstić information content (AvgIpc) is 2.85. The number of carboxylic acids is 1. The van der Waals surface area contributed by atoms with Crippen molar-refractivity contribution < 1.29 is 19.4 Å². The number of rotatable bonds is 10. The molecule has 152 valence electrons. The van der Waals surface area contributed by atoms with Crippen LogP contribution < -0.4 is 0 Å². The molecule has 0 spiro atoms. The molecule has 1 rings (SSSR count). The van der Waals surface area contributed by atoms with Crippen molar-refractivity contribution >= 4 is 11.9 Å². The first-order valence-electron chi connectivity index (χ1n) is 10.5. The highest BCUT2D eigenvalue weighted by Crippen LogP contribution is 2.53. The van der Waals surface area contributed by atoms with Gasteiger partial charge in [0.1, 0.15) is 6.10 Å². The second-order valence-corrected chi connectivity index (χ2v) is 9.42. The lowest BCUT2D eigenvalue weighted by Gasteiger charge is -2.35. The predicted molar refractivity (Wildman–Crippen MR) is 105 cm³/mol. The van der Waals surface area contributed by atoms with Crippen LogP contribution in [-0.4, -0.2) is 23.1 Å². The molecule has 0 amide bonds. The molecule has 4 heteroatoms. The van der Waals surface area contributed by atoms with E-state index in [4.69, 9.17) is 4.74 Å². The zero-order valence-corrected chi connectivity index (χ0v) is 17.9. The quantitative estimate of drug-likeness (QED) is 0.406. The van der Waals surface area contributed by atoms with Crippen molar-refractivity contribution in [2.75, 3.05) is 0 Å². The van der Waals surface area contributed by atoms with Crippen molar-refractivity contribution in [1.29, 1.82) is 0 Å². The molecule has 1 aliphatic rings. The molecule has 0 aromatic rings. The van der Waals surface area contributed by atoms with E-state index in [0.717, 1.165) is 32.1 Å². The molecule has 26 heavy (non-hydrogen) atoms. The number of hydrogen-bond acceptors (Lipinski definition) is 3. The second-order valence-electron chi connectivity index (χ2n) is 9.42. The van der Waals surface area contributed by atoms with Gasteiger partial charge < -0.3 is 9.84 Å². The van der Waals surface area contributed by atoms with Gasteiger partial charge in [0.15, 0.2) is 5.41 Å². The first-order chi connectivity index (χ1) is 12.1. The molecular weight excluding hydrogens is 328 g/mol. The maximum absolute atomic E-state index is 13.2. The van der Waals surface area contributed by atoms with Crippen LogP contribution in [0.5, 0.6) is 0 Å². The summed E-state index contributed by atoms with van der Waals surface area (Å²) < 4.78 is 5.85. The van der Waals surface area contributed by atoms with Gasteiger partial charge in [0, 0.05) is 0 Å². The summed E-state index contributed by atoms with van der Waals surface area (Å²) >= 11 is 0. The summed E-state index contributed by atoms with van der Waals surface area (Å²) in [6.45, 7) is 14.7. The Morgan fingerprint density at radius 1 is 1.08 bits per heavy atom. The van der Waals surface area contributed by atoms with Gasteiger partial charge in [0.25, 0.3) is 0 Å². The van der Waals surface area contributed by atoms with Crippen molar-refractivity contribution in [2.45, 2.75) is 93.1 Å². The third kappa shape index (κ3) is 5.23. The number of esters is 1. The van der Waals surface area contributed by atoms with Gasteiger partial charge in [-0.05, 0) is 61.7 Å². The van der Waals surface area contributed by atoms with Gasteiger partial charge in [0.2, 0.25) is 0 Å². The molecule has 4 unspecified atom stereocenters. The van der Waals surface area contributed by atoms with Gasteiger partial charge >= 0.3 is 11.9 Å². The molecule has 0 radical (unpaired) electrons. The Balaban J connectivity index is 3.18. The molecule has 1 aliphatic carbocycles.